The van der Waals surface area contributed by atoms with Gasteiger partial charge in [-0.15, -0.1) is 0 Å². The van der Waals surface area contributed by atoms with Crippen LogP contribution in [0.15, 0.2) is 41.2 Å². The van der Waals surface area contributed by atoms with Gasteiger partial charge in [0.15, 0.2) is 11.9 Å². The summed E-state index contributed by atoms with van der Waals surface area (Å²) in [5.41, 5.74) is 0.149. The second kappa shape index (κ2) is 7.04. The van der Waals surface area contributed by atoms with Gasteiger partial charge in [0.1, 0.15) is 0 Å². The highest BCUT2D eigenvalue weighted by Gasteiger charge is 2.22. The summed E-state index contributed by atoms with van der Waals surface area (Å²) in [6.45, 7) is 1.58. The molecule has 0 amide bonds. The molecule has 25 heavy (non-hydrogen) atoms. The molecular weight excluding hydrogens is 387 g/mol. The standard InChI is InChI=1S/C17H11Cl3N2O3/c1-8(15-21-12-5-3-2-4-9(12)16(23)22-15)25-17(24)13-10(18)6-7-11(19)14(13)20/h2-8H,1H3,(H,21,22,23)/t8-/m0/s1. The number of nitrogens with zero attached hydrogens (tertiary/aromatic N) is 1. The molecule has 0 saturated heterocycles. The molecule has 128 valence electrons. The fraction of sp³-hybridized carbons (Fsp3) is 0.118. The van der Waals surface area contributed by atoms with E-state index in [1.807, 2.05) is 0 Å². The van der Waals surface area contributed by atoms with Gasteiger partial charge >= 0.3 is 5.97 Å². The van der Waals surface area contributed by atoms with Crippen molar-refractivity contribution in [2.45, 2.75) is 13.0 Å². The van der Waals surface area contributed by atoms with Gasteiger partial charge in [-0.2, -0.15) is 0 Å². The predicted molar refractivity (Wildman–Crippen MR) is 97.7 cm³/mol. The van der Waals surface area contributed by atoms with Gasteiger partial charge in [-0.1, -0.05) is 46.9 Å². The van der Waals surface area contributed by atoms with Crippen molar-refractivity contribution in [2.75, 3.05) is 0 Å². The maximum absolute atomic E-state index is 12.4. The summed E-state index contributed by atoms with van der Waals surface area (Å²) in [5, 5.41) is 0.756. The molecule has 3 rings (SSSR count). The number of hydrogen-bond acceptors (Lipinski definition) is 4. The first-order valence-corrected chi connectivity index (χ1v) is 8.35. The van der Waals surface area contributed by atoms with Crippen LogP contribution < -0.4 is 5.56 Å². The molecule has 5 nitrogen and oxygen atoms in total. The lowest BCUT2D eigenvalue weighted by atomic mass is 10.2. The summed E-state index contributed by atoms with van der Waals surface area (Å²) in [6.07, 6.45) is -0.823. The molecule has 0 aliphatic carbocycles. The van der Waals surface area contributed by atoms with E-state index in [9.17, 15) is 9.59 Å². The Kier molecular flexibility index (Phi) is 4.99. The number of nitrogens with one attached hydrogen (secondary N) is 1. The molecular formula is C17H11Cl3N2O3. The zero-order valence-corrected chi connectivity index (χ0v) is 15.1. The van der Waals surface area contributed by atoms with E-state index in [0.717, 1.165) is 0 Å². The number of hydrogen-bond donors (Lipinski definition) is 1. The van der Waals surface area contributed by atoms with E-state index in [0.29, 0.717) is 10.9 Å². The minimum Gasteiger partial charge on any atom is -0.451 e. The number of ether oxygens (including phenoxy) is 1. The SMILES string of the molecule is C[C@H](OC(=O)c1c(Cl)ccc(Cl)c1Cl)c1nc2ccccc2c(=O)[nH]1. The molecule has 1 heterocycles. The number of esters is 1. The fourth-order valence-electron chi connectivity index (χ4n) is 2.29. The number of carbonyl (C=O) groups excluding carboxylic acids is 1. The Hall–Kier alpha value is -2.08. The first kappa shape index (κ1) is 17.7. The van der Waals surface area contributed by atoms with Crippen molar-refractivity contribution in [3.05, 3.63) is 73.2 Å². The minimum atomic E-state index is -0.823. The third kappa shape index (κ3) is 3.49. The monoisotopic (exact) mass is 396 g/mol. The van der Waals surface area contributed by atoms with Crippen molar-refractivity contribution in [3.8, 4) is 0 Å². The van der Waals surface area contributed by atoms with Gasteiger partial charge in [-0.05, 0) is 31.2 Å². The third-order valence-corrected chi connectivity index (χ3v) is 4.67. The largest absolute Gasteiger partial charge is 0.451 e. The molecule has 2 aromatic carbocycles. The van der Waals surface area contributed by atoms with Crippen LogP contribution in [0.5, 0.6) is 0 Å². The number of aromatic nitrogens is 2. The molecule has 1 atom stereocenters. The van der Waals surface area contributed by atoms with Crippen LogP contribution in [0, 0.1) is 0 Å². The molecule has 0 radical (unpaired) electrons. The van der Waals surface area contributed by atoms with E-state index in [1.165, 1.54) is 12.1 Å². The second-order valence-electron chi connectivity index (χ2n) is 5.23. The first-order valence-electron chi connectivity index (χ1n) is 7.22. The van der Waals surface area contributed by atoms with Gasteiger partial charge in [0, 0.05) is 0 Å². The summed E-state index contributed by atoms with van der Waals surface area (Å²) < 4.78 is 5.34. The summed E-state index contributed by atoms with van der Waals surface area (Å²) >= 11 is 18.0. The van der Waals surface area contributed by atoms with Gasteiger partial charge in [-0.25, -0.2) is 9.78 Å². The highest BCUT2D eigenvalue weighted by Crippen LogP contribution is 2.32. The van der Waals surface area contributed by atoms with Crippen LogP contribution in [0.3, 0.4) is 0 Å². The number of para-hydroxylation sites is 1. The number of halogens is 3. The van der Waals surface area contributed by atoms with Crippen molar-refractivity contribution in [3.63, 3.8) is 0 Å². The van der Waals surface area contributed by atoms with Crippen LogP contribution in [-0.2, 0) is 4.74 Å². The highest BCUT2D eigenvalue weighted by atomic mass is 35.5. The Morgan fingerprint density at radius 2 is 1.80 bits per heavy atom. The van der Waals surface area contributed by atoms with Crippen LogP contribution in [0.2, 0.25) is 15.1 Å². The molecule has 0 aliphatic rings. The number of carbonyl (C=O) groups is 1. The lowest BCUT2D eigenvalue weighted by Crippen LogP contribution is -2.17. The normalized spacial score (nSPS) is 12.2. The molecule has 0 unspecified atom stereocenters. The first-order chi connectivity index (χ1) is 11.9. The van der Waals surface area contributed by atoms with Crippen LogP contribution in [0.4, 0.5) is 0 Å². The van der Waals surface area contributed by atoms with Gasteiger partial charge in [0.05, 0.1) is 31.5 Å². The van der Waals surface area contributed by atoms with E-state index in [2.05, 4.69) is 9.97 Å². The Morgan fingerprint density at radius 3 is 2.56 bits per heavy atom. The molecule has 0 saturated carbocycles. The van der Waals surface area contributed by atoms with Crippen molar-refractivity contribution in [2.24, 2.45) is 0 Å². The zero-order valence-electron chi connectivity index (χ0n) is 12.8. The highest BCUT2D eigenvalue weighted by molar-refractivity contribution is 6.46. The van der Waals surface area contributed by atoms with E-state index < -0.39 is 12.1 Å². The lowest BCUT2D eigenvalue weighted by molar-refractivity contribution is 0.0320. The number of fused-ring (bicyclic) bond motifs is 1. The van der Waals surface area contributed by atoms with E-state index in [1.54, 1.807) is 31.2 Å². The molecule has 3 aromatic rings. The van der Waals surface area contributed by atoms with Gasteiger partial charge in [0.25, 0.3) is 5.56 Å². The molecule has 0 fully saturated rings. The molecule has 1 aromatic heterocycles. The summed E-state index contributed by atoms with van der Waals surface area (Å²) in [4.78, 5) is 31.5. The molecule has 0 bridgehead atoms. The maximum atomic E-state index is 12.4. The summed E-state index contributed by atoms with van der Waals surface area (Å²) in [5.74, 6) is -0.549. The number of benzene rings is 2. The van der Waals surface area contributed by atoms with Crippen LogP contribution in [0.25, 0.3) is 10.9 Å². The predicted octanol–water partition coefficient (Wildman–Crippen LogP) is 4.80. The Labute approximate surface area is 157 Å². The number of H-pyrrole nitrogens is 1. The average Bonchev–Trinajstić information content (AvgIpc) is 2.58. The lowest BCUT2D eigenvalue weighted by Gasteiger charge is -2.14. The molecule has 8 heteroatoms. The van der Waals surface area contributed by atoms with Gasteiger partial charge < -0.3 is 9.72 Å². The van der Waals surface area contributed by atoms with Crippen molar-refractivity contribution in [1.82, 2.24) is 9.97 Å². The Morgan fingerprint density at radius 1 is 1.12 bits per heavy atom. The fourth-order valence-corrected chi connectivity index (χ4v) is 2.97. The molecule has 1 N–H and O–H groups in total. The number of rotatable bonds is 3. The number of aromatic amines is 1. The smallest absolute Gasteiger partial charge is 0.341 e. The Bertz CT molecular complexity index is 1030. The quantitative estimate of drug-likeness (QED) is 0.509. The van der Waals surface area contributed by atoms with E-state index >= 15 is 0 Å². The van der Waals surface area contributed by atoms with Crippen LogP contribution >= 0.6 is 34.8 Å². The summed E-state index contributed by atoms with van der Waals surface area (Å²) in [7, 11) is 0. The van der Waals surface area contributed by atoms with Crippen LogP contribution in [-0.4, -0.2) is 15.9 Å². The van der Waals surface area contributed by atoms with E-state index in [-0.39, 0.29) is 32.0 Å². The van der Waals surface area contributed by atoms with Gasteiger partial charge in [0.2, 0.25) is 0 Å². The molecule has 0 aliphatic heterocycles. The third-order valence-electron chi connectivity index (χ3n) is 3.55. The average molecular weight is 398 g/mol. The second-order valence-corrected chi connectivity index (χ2v) is 6.43. The molecule has 0 spiro atoms. The Balaban J connectivity index is 1.93. The van der Waals surface area contributed by atoms with Crippen molar-refractivity contribution in [1.29, 1.82) is 0 Å². The van der Waals surface area contributed by atoms with Crippen molar-refractivity contribution >= 4 is 51.7 Å². The van der Waals surface area contributed by atoms with Crippen molar-refractivity contribution < 1.29 is 9.53 Å². The minimum absolute atomic E-state index is 0.00586. The summed E-state index contributed by atoms with van der Waals surface area (Å²) in [6, 6.07) is 9.80. The zero-order chi connectivity index (χ0) is 18.1. The topological polar surface area (TPSA) is 72.0 Å². The van der Waals surface area contributed by atoms with Gasteiger partial charge in [-0.3, -0.25) is 4.79 Å². The maximum Gasteiger partial charge on any atom is 0.341 e. The van der Waals surface area contributed by atoms with E-state index in [4.69, 9.17) is 39.5 Å². The van der Waals surface area contributed by atoms with Crippen LogP contribution in [0.1, 0.15) is 29.2 Å².